The molecule has 1 aliphatic heterocycles. The first-order chi connectivity index (χ1) is 9.68. The van der Waals surface area contributed by atoms with Gasteiger partial charge < -0.3 is 15.3 Å². The number of carbonyl (C=O) groups is 2. The van der Waals surface area contributed by atoms with Gasteiger partial charge in [0.1, 0.15) is 0 Å². The average Bonchev–Trinajstić information content (AvgIpc) is 2.94. The van der Waals surface area contributed by atoms with Crippen LogP contribution >= 0.6 is 22.9 Å². The molecule has 2 heterocycles. The number of nitrogens with zero attached hydrogens (tertiary/aromatic N) is 1. The van der Waals surface area contributed by atoms with Crippen LogP contribution in [0.25, 0.3) is 0 Å². The van der Waals surface area contributed by atoms with Crippen LogP contribution in [0.2, 0.25) is 4.34 Å². The van der Waals surface area contributed by atoms with Crippen LogP contribution in [0.4, 0.5) is 18.0 Å². The fourth-order valence-corrected chi connectivity index (χ4v) is 3.06. The molecule has 1 aliphatic rings. The van der Waals surface area contributed by atoms with E-state index in [9.17, 15) is 22.8 Å². The molecular weight excluding hydrogens is 333 g/mol. The van der Waals surface area contributed by atoms with Crippen molar-refractivity contribution in [2.45, 2.75) is 12.2 Å². The van der Waals surface area contributed by atoms with E-state index in [0.717, 1.165) is 11.3 Å². The van der Waals surface area contributed by atoms with Crippen LogP contribution in [-0.4, -0.2) is 47.3 Å². The van der Waals surface area contributed by atoms with Crippen molar-refractivity contribution in [2.24, 2.45) is 5.92 Å². The van der Waals surface area contributed by atoms with E-state index in [1.54, 1.807) is 0 Å². The second-order valence-corrected chi connectivity index (χ2v) is 6.23. The molecule has 1 aromatic rings. The number of hydrogen-bond donors (Lipinski definition) is 2. The van der Waals surface area contributed by atoms with Crippen molar-refractivity contribution >= 4 is 34.9 Å². The van der Waals surface area contributed by atoms with Gasteiger partial charge in [-0.25, -0.2) is 4.79 Å². The molecule has 0 saturated carbocycles. The van der Waals surface area contributed by atoms with Crippen LogP contribution in [0.3, 0.4) is 0 Å². The number of nitrogens with one attached hydrogen (secondary N) is 1. The lowest BCUT2D eigenvalue weighted by Gasteiger charge is -2.21. The molecule has 0 radical (unpaired) electrons. The van der Waals surface area contributed by atoms with Gasteiger partial charge in [0.25, 0.3) is 5.91 Å². The van der Waals surface area contributed by atoms with Crippen molar-refractivity contribution in [1.29, 1.82) is 0 Å². The van der Waals surface area contributed by atoms with Gasteiger partial charge in [0, 0.05) is 13.1 Å². The van der Waals surface area contributed by atoms with E-state index >= 15 is 0 Å². The second-order valence-electron chi connectivity index (χ2n) is 4.52. The number of amides is 2. The van der Waals surface area contributed by atoms with E-state index in [0.29, 0.717) is 9.24 Å². The van der Waals surface area contributed by atoms with Gasteiger partial charge in [-0.1, -0.05) is 11.6 Å². The van der Waals surface area contributed by atoms with Gasteiger partial charge in [0.05, 0.1) is 21.2 Å². The molecule has 0 bridgehead atoms. The second kappa shape index (κ2) is 5.72. The Morgan fingerprint density at radius 3 is 2.52 bits per heavy atom. The van der Waals surface area contributed by atoms with Gasteiger partial charge in [-0.15, -0.1) is 11.3 Å². The first-order valence-corrected chi connectivity index (χ1v) is 6.98. The lowest BCUT2D eigenvalue weighted by atomic mass is 10.0. The van der Waals surface area contributed by atoms with Gasteiger partial charge in [-0.2, -0.15) is 13.2 Å². The van der Waals surface area contributed by atoms with Crippen molar-refractivity contribution in [1.82, 2.24) is 10.2 Å². The topological polar surface area (TPSA) is 69.6 Å². The summed E-state index contributed by atoms with van der Waals surface area (Å²) in [5.41, 5.74) is 0. The van der Waals surface area contributed by atoms with Gasteiger partial charge in [0.2, 0.25) is 0 Å². The molecule has 2 rings (SSSR count). The zero-order valence-electron chi connectivity index (χ0n) is 10.4. The quantitative estimate of drug-likeness (QED) is 0.868. The molecule has 0 spiro atoms. The number of carbonyl (C=O) groups excluding carboxylic acids is 1. The van der Waals surface area contributed by atoms with Gasteiger partial charge in [-0.3, -0.25) is 4.79 Å². The Hall–Kier alpha value is -1.48. The fourth-order valence-electron chi connectivity index (χ4n) is 2.11. The Kier molecular flexibility index (Phi) is 4.33. The van der Waals surface area contributed by atoms with Crippen molar-refractivity contribution < 1.29 is 27.9 Å². The minimum atomic E-state index is -4.59. The number of rotatable bonds is 2. The molecule has 0 unspecified atom stereocenters. The summed E-state index contributed by atoms with van der Waals surface area (Å²) in [6.07, 6.45) is -6.03. The minimum absolute atomic E-state index is 0.176. The lowest BCUT2D eigenvalue weighted by Crippen LogP contribution is -2.45. The lowest BCUT2D eigenvalue weighted by molar-refractivity contribution is -0.174. The molecular formula is C11H10ClF3N2O3S. The summed E-state index contributed by atoms with van der Waals surface area (Å²) in [4.78, 5) is 23.5. The molecule has 1 saturated heterocycles. The summed E-state index contributed by atoms with van der Waals surface area (Å²) in [7, 11) is 0. The maximum Gasteiger partial charge on any atom is 0.407 e. The van der Waals surface area contributed by atoms with E-state index in [1.807, 2.05) is 0 Å². The first kappa shape index (κ1) is 15.9. The summed E-state index contributed by atoms with van der Waals surface area (Å²) in [6.45, 7) is -1.08. The standard InChI is InChI=1S/C11H10ClF3N2O3S/c12-8-2-1-7(21-8)9(18)16-6-4-17(10(19)20)3-5(6)11(13,14)15/h1-2,5-6H,3-4H2,(H,16,18)(H,19,20)/t5-,6-/m1/s1. The highest BCUT2D eigenvalue weighted by Gasteiger charge is 2.51. The van der Waals surface area contributed by atoms with Crippen LogP contribution in [-0.2, 0) is 0 Å². The summed E-state index contributed by atoms with van der Waals surface area (Å²) < 4.78 is 39.1. The number of hydrogen-bond acceptors (Lipinski definition) is 3. The van der Waals surface area contributed by atoms with E-state index in [2.05, 4.69) is 5.32 Å². The summed E-state index contributed by atoms with van der Waals surface area (Å²) in [5.74, 6) is -2.62. The van der Waals surface area contributed by atoms with Crippen molar-refractivity contribution in [3.63, 3.8) is 0 Å². The smallest absolute Gasteiger partial charge is 0.407 e. The zero-order valence-corrected chi connectivity index (χ0v) is 11.9. The van der Waals surface area contributed by atoms with Crippen molar-refractivity contribution in [3.05, 3.63) is 21.3 Å². The highest BCUT2D eigenvalue weighted by Crippen LogP contribution is 2.34. The number of carboxylic acid groups (broad SMARTS) is 1. The van der Waals surface area contributed by atoms with Crippen LogP contribution in [0.15, 0.2) is 12.1 Å². The van der Waals surface area contributed by atoms with Crippen LogP contribution in [0.5, 0.6) is 0 Å². The number of halogens is 4. The van der Waals surface area contributed by atoms with Crippen LogP contribution < -0.4 is 5.32 Å². The predicted octanol–water partition coefficient (Wildman–Crippen LogP) is 2.67. The normalized spacial score (nSPS) is 22.4. The first-order valence-electron chi connectivity index (χ1n) is 5.79. The maximum atomic E-state index is 12.9. The third kappa shape index (κ3) is 3.59. The molecule has 10 heteroatoms. The SMILES string of the molecule is O=C(N[C@@H]1CN(C(=O)O)C[C@H]1C(F)(F)F)c1ccc(Cl)s1. The molecule has 0 aliphatic carbocycles. The molecule has 0 aromatic carbocycles. The Bertz CT molecular complexity index is 563. The summed E-state index contributed by atoms with van der Waals surface area (Å²) >= 11 is 6.60. The van der Waals surface area contributed by atoms with E-state index in [4.69, 9.17) is 16.7 Å². The number of thiophene rings is 1. The number of likely N-dealkylation sites (tertiary alicyclic amines) is 1. The van der Waals surface area contributed by atoms with E-state index in [1.165, 1.54) is 12.1 Å². The number of alkyl halides is 3. The third-order valence-electron chi connectivity index (χ3n) is 3.12. The van der Waals surface area contributed by atoms with Crippen molar-refractivity contribution in [2.75, 3.05) is 13.1 Å². The predicted molar refractivity (Wildman–Crippen MR) is 69.7 cm³/mol. The highest BCUT2D eigenvalue weighted by atomic mass is 35.5. The summed E-state index contributed by atoms with van der Waals surface area (Å²) in [6, 6.07) is 1.55. The molecule has 5 nitrogen and oxygen atoms in total. The largest absolute Gasteiger partial charge is 0.465 e. The molecule has 1 fully saturated rings. The Morgan fingerprint density at radius 1 is 1.38 bits per heavy atom. The molecule has 1 aromatic heterocycles. The van der Waals surface area contributed by atoms with Gasteiger partial charge in [0.15, 0.2) is 0 Å². The summed E-state index contributed by atoms with van der Waals surface area (Å²) in [5, 5.41) is 11.0. The molecule has 21 heavy (non-hydrogen) atoms. The molecule has 116 valence electrons. The van der Waals surface area contributed by atoms with Gasteiger partial charge >= 0.3 is 12.3 Å². The Labute approximate surface area is 126 Å². The zero-order chi connectivity index (χ0) is 15.8. The maximum absolute atomic E-state index is 12.9. The Morgan fingerprint density at radius 2 is 2.05 bits per heavy atom. The van der Waals surface area contributed by atoms with E-state index < -0.39 is 43.2 Å². The Balaban J connectivity index is 2.12. The van der Waals surface area contributed by atoms with E-state index in [-0.39, 0.29) is 4.88 Å². The van der Waals surface area contributed by atoms with Crippen molar-refractivity contribution in [3.8, 4) is 0 Å². The third-order valence-corrected chi connectivity index (χ3v) is 4.35. The van der Waals surface area contributed by atoms with Crippen LogP contribution in [0.1, 0.15) is 9.67 Å². The molecule has 2 N–H and O–H groups in total. The van der Waals surface area contributed by atoms with Gasteiger partial charge in [-0.05, 0) is 12.1 Å². The molecule has 2 amide bonds. The molecule has 2 atom stereocenters. The van der Waals surface area contributed by atoms with Crippen LogP contribution in [0, 0.1) is 5.92 Å². The minimum Gasteiger partial charge on any atom is -0.465 e. The fraction of sp³-hybridized carbons (Fsp3) is 0.455. The monoisotopic (exact) mass is 342 g/mol. The highest BCUT2D eigenvalue weighted by molar-refractivity contribution is 7.17. The average molecular weight is 343 g/mol.